The first-order valence-electron chi connectivity index (χ1n) is 8.29. The van der Waals surface area contributed by atoms with Crippen LogP contribution in [0.25, 0.3) is 0 Å². The molecule has 5 heteroatoms. The Balaban J connectivity index is 3.07. The number of likely N-dealkylation sites (N-methyl/N-ethyl adjacent to an activating group) is 1. The highest BCUT2D eigenvalue weighted by Crippen LogP contribution is 1.98. The molecule has 0 heterocycles. The lowest BCUT2D eigenvalue weighted by molar-refractivity contribution is 0.0111. The van der Waals surface area contributed by atoms with Crippen LogP contribution in [0.3, 0.4) is 0 Å². The third-order valence-corrected chi connectivity index (χ3v) is 3.44. The molecule has 0 aromatic rings. The van der Waals surface area contributed by atoms with Crippen LogP contribution in [0.2, 0.25) is 0 Å². The Morgan fingerprint density at radius 2 is 1.33 bits per heavy atom. The summed E-state index contributed by atoms with van der Waals surface area (Å²) in [5, 5.41) is 0. The van der Waals surface area contributed by atoms with Gasteiger partial charge in [-0.2, -0.15) is 0 Å². The van der Waals surface area contributed by atoms with Gasteiger partial charge in [0.1, 0.15) is 0 Å². The molecule has 0 N–H and O–H groups in total. The standard InChI is InChI=1S/C16H34ClNO3/c1-3-4-11-19-13-15-21-16-14-20-12-10-18(2)9-7-5-6-8-17/h3-16H2,1-2H3. The molecule has 0 atom stereocenters. The van der Waals surface area contributed by atoms with Gasteiger partial charge in [-0.05, 0) is 32.9 Å². The zero-order valence-corrected chi connectivity index (χ0v) is 14.7. The van der Waals surface area contributed by atoms with Gasteiger partial charge in [-0.1, -0.05) is 19.8 Å². The first-order valence-corrected chi connectivity index (χ1v) is 8.82. The Morgan fingerprint density at radius 1 is 0.714 bits per heavy atom. The summed E-state index contributed by atoms with van der Waals surface area (Å²) in [6.45, 7) is 8.52. The number of nitrogens with zero attached hydrogens (tertiary/aromatic N) is 1. The Hall–Kier alpha value is 0.130. The third-order valence-electron chi connectivity index (χ3n) is 3.18. The first-order chi connectivity index (χ1) is 10.3. The van der Waals surface area contributed by atoms with Gasteiger partial charge in [0.15, 0.2) is 0 Å². The normalized spacial score (nSPS) is 11.4. The van der Waals surface area contributed by atoms with Crippen LogP contribution in [0.5, 0.6) is 0 Å². The van der Waals surface area contributed by atoms with E-state index in [9.17, 15) is 0 Å². The van der Waals surface area contributed by atoms with E-state index in [-0.39, 0.29) is 0 Å². The van der Waals surface area contributed by atoms with Crippen molar-refractivity contribution in [1.82, 2.24) is 4.90 Å². The molecule has 0 aromatic carbocycles. The summed E-state index contributed by atoms with van der Waals surface area (Å²) < 4.78 is 16.4. The van der Waals surface area contributed by atoms with Crippen molar-refractivity contribution in [3.05, 3.63) is 0 Å². The van der Waals surface area contributed by atoms with Crippen molar-refractivity contribution >= 4 is 11.6 Å². The minimum absolute atomic E-state index is 0.649. The van der Waals surface area contributed by atoms with Gasteiger partial charge in [0.2, 0.25) is 0 Å². The molecule has 0 saturated carbocycles. The fourth-order valence-electron chi connectivity index (χ4n) is 1.77. The van der Waals surface area contributed by atoms with E-state index in [1.807, 2.05) is 0 Å². The molecule has 4 nitrogen and oxygen atoms in total. The fraction of sp³-hybridized carbons (Fsp3) is 1.00. The van der Waals surface area contributed by atoms with Crippen LogP contribution < -0.4 is 0 Å². The molecule has 0 aromatic heterocycles. The van der Waals surface area contributed by atoms with E-state index in [4.69, 9.17) is 25.8 Å². The lowest BCUT2D eigenvalue weighted by Crippen LogP contribution is -2.25. The molecule has 0 rings (SSSR count). The number of ether oxygens (including phenoxy) is 3. The smallest absolute Gasteiger partial charge is 0.0701 e. The van der Waals surface area contributed by atoms with Crippen molar-refractivity contribution in [3.63, 3.8) is 0 Å². The maximum absolute atomic E-state index is 5.65. The number of unbranched alkanes of at least 4 members (excludes halogenated alkanes) is 3. The van der Waals surface area contributed by atoms with Crippen molar-refractivity contribution in [2.75, 3.05) is 65.7 Å². The topological polar surface area (TPSA) is 30.9 Å². The van der Waals surface area contributed by atoms with E-state index >= 15 is 0 Å². The maximum Gasteiger partial charge on any atom is 0.0701 e. The van der Waals surface area contributed by atoms with Gasteiger partial charge < -0.3 is 19.1 Å². The molecule has 0 amide bonds. The summed E-state index contributed by atoms with van der Waals surface area (Å²) in [7, 11) is 2.13. The van der Waals surface area contributed by atoms with Crippen molar-refractivity contribution in [2.24, 2.45) is 0 Å². The van der Waals surface area contributed by atoms with E-state index in [2.05, 4.69) is 18.9 Å². The number of hydrogen-bond donors (Lipinski definition) is 0. The Morgan fingerprint density at radius 3 is 1.95 bits per heavy atom. The molecule has 0 radical (unpaired) electrons. The minimum Gasteiger partial charge on any atom is -0.379 e. The molecule has 0 unspecified atom stereocenters. The fourth-order valence-corrected chi connectivity index (χ4v) is 1.96. The lowest BCUT2D eigenvalue weighted by Gasteiger charge is -2.16. The monoisotopic (exact) mass is 323 g/mol. The predicted molar refractivity (Wildman–Crippen MR) is 89.4 cm³/mol. The number of alkyl halides is 1. The van der Waals surface area contributed by atoms with E-state index in [1.54, 1.807) is 0 Å². The van der Waals surface area contributed by atoms with Crippen LogP contribution >= 0.6 is 11.6 Å². The zero-order chi connectivity index (χ0) is 15.6. The number of rotatable bonds is 17. The average Bonchev–Trinajstić information content (AvgIpc) is 2.49. The number of hydrogen-bond acceptors (Lipinski definition) is 4. The molecule has 0 saturated heterocycles. The molecular weight excluding hydrogens is 290 g/mol. The summed E-state index contributed by atoms with van der Waals surface area (Å²) in [6, 6.07) is 0. The zero-order valence-electron chi connectivity index (χ0n) is 13.9. The highest BCUT2D eigenvalue weighted by atomic mass is 35.5. The van der Waals surface area contributed by atoms with Gasteiger partial charge in [0, 0.05) is 19.0 Å². The third kappa shape index (κ3) is 18.1. The van der Waals surface area contributed by atoms with Crippen LogP contribution in [-0.2, 0) is 14.2 Å². The van der Waals surface area contributed by atoms with Crippen LogP contribution in [0.15, 0.2) is 0 Å². The van der Waals surface area contributed by atoms with Gasteiger partial charge in [-0.3, -0.25) is 0 Å². The van der Waals surface area contributed by atoms with Gasteiger partial charge in [-0.15, -0.1) is 11.6 Å². The van der Waals surface area contributed by atoms with Crippen molar-refractivity contribution in [2.45, 2.75) is 39.0 Å². The van der Waals surface area contributed by atoms with Gasteiger partial charge in [0.05, 0.1) is 33.0 Å². The molecule has 0 fully saturated rings. The SMILES string of the molecule is CCCCOCCOCCOCCN(C)CCCCCCl. The average molecular weight is 324 g/mol. The second kappa shape index (κ2) is 18.2. The Labute approximate surface area is 136 Å². The molecule has 0 spiro atoms. The summed E-state index contributed by atoms with van der Waals surface area (Å²) in [6.07, 6.45) is 5.84. The van der Waals surface area contributed by atoms with Gasteiger partial charge in [-0.25, -0.2) is 0 Å². The lowest BCUT2D eigenvalue weighted by atomic mass is 10.2. The maximum atomic E-state index is 5.65. The predicted octanol–water partition coefficient (Wildman–Crippen LogP) is 3.18. The summed E-state index contributed by atoms with van der Waals surface area (Å²) >= 11 is 5.65. The molecule has 0 aliphatic heterocycles. The van der Waals surface area contributed by atoms with Crippen LogP contribution in [0, 0.1) is 0 Å². The van der Waals surface area contributed by atoms with Crippen molar-refractivity contribution < 1.29 is 14.2 Å². The highest BCUT2D eigenvalue weighted by Gasteiger charge is 1.98. The highest BCUT2D eigenvalue weighted by molar-refractivity contribution is 6.17. The van der Waals surface area contributed by atoms with Crippen LogP contribution in [0.4, 0.5) is 0 Å². The van der Waals surface area contributed by atoms with Crippen molar-refractivity contribution in [3.8, 4) is 0 Å². The van der Waals surface area contributed by atoms with E-state index in [1.165, 1.54) is 19.3 Å². The Kier molecular flexibility index (Phi) is 18.3. The van der Waals surface area contributed by atoms with Gasteiger partial charge in [0.25, 0.3) is 0 Å². The van der Waals surface area contributed by atoms with E-state index in [0.717, 1.165) is 45.0 Å². The van der Waals surface area contributed by atoms with Gasteiger partial charge >= 0.3 is 0 Å². The molecule has 0 aliphatic rings. The summed E-state index contributed by atoms with van der Waals surface area (Å²) in [5.74, 6) is 0.774. The first kappa shape index (κ1) is 21.1. The second-order valence-electron chi connectivity index (χ2n) is 5.24. The molecule has 0 aliphatic carbocycles. The van der Waals surface area contributed by atoms with E-state index in [0.29, 0.717) is 26.4 Å². The van der Waals surface area contributed by atoms with Crippen molar-refractivity contribution in [1.29, 1.82) is 0 Å². The molecule has 21 heavy (non-hydrogen) atoms. The van der Waals surface area contributed by atoms with Crippen LogP contribution in [-0.4, -0.2) is 70.6 Å². The van der Waals surface area contributed by atoms with Crippen LogP contribution in [0.1, 0.15) is 39.0 Å². The largest absolute Gasteiger partial charge is 0.379 e. The summed E-state index contributed by atoms with van der Waals surface area (Å²) in [4.78, 5) is 2.30. The molecule has 128 valence electrons. The Bertz CT molecular complexity index is 196. The minimum atomic E-state index is 0.649. The summed E-state index contributed by atoms with van der Waals surface area (Å²) in [5.41, 5.74) is 0. The second-order valence-corrected chi connectivity index (χ2v) is 5.62. The quantitative estimate of drug-likeness (QED) is 0.304. The number of halogens is 1. The molecule has 0 bridgehead atoms. The van der Waals surface area contributed by atoms with E-state index < -0.39 is 0 Å². The molecular formula is C16H34ClNO3.